The molecule has 36 heavy (non-hydrogen) atoms. The predicted molar refractivity (Wildman–Crippen MR) is 134 cm³/mol. The maximum atomic E-state index is 13.3. The van der Waals surface area contributed by atoms with Crippen molar-refractivity contribution in [3.63, 3.8) is 0 Å². The first kappa shape index (κ1) is 24.1. The highest BCUT2D eigenvalue weighted by Crippen LogP contribution is 2.40. The van der Waals surface area contributed by atoms with Crippen LogP contribution in [0.4, 0.5) is 0 Å². The van der Waals surface area contributed by atoms with Crippen LogP contribution in [0.15, 0.2) is 41.4 Å². The van der Waals surface area contributed by atoms with Crippen molar-refractivity contribution in [3.8, 4) is 11.5 Å². The summed E-state index contributed by atoms with van der Waals surface area (Å²) >= 11 is 0. The van der Waals surface area contributed by atoms with Crippen molar-refractivity contribution >= 4 is 17.8 Å². The van der Waals surface area contributed by atoms with Crippen molar-refractivity contribution in [1.82, 2.24) is 10.2 Å². The molecule has 9 heteroatoms. The quantitative estimate of drug-likeness (QED) is 0.603. The maximum Gasteiger partial charge on any atom is 0.251 e. The second-order valence-electron chi connectivity index (χ2n) is 10.0. The lowest BCUT2D eigenvalue weighted by atomic mass is 9.90. The zero-order valence-corrected chi connectivity index (χ0v) is 20.8. The van der Waals surface area contributed by atoms with E-state index in [1.54, 1.807) is 23.1 Å². The zero-order valence-electron chi connectivity index (χ0n) is 20.8. The largest absolute Gasteiger partial charge is 0.493 e. The van der Waals surface area contributed by atoms with Gasteiger partial charge in [0.05, 0.1) is 30.7 Å². The molecule has 0 aliphatic carbocycles. The number of carbonyl (C=O) groups excluding carboxylic acids is 2. The molecule has 0 radical (unpaired) electrons. The molecule has 3 aliphatic heterocycles. The summed E-state index contributed by atoms with van der Waals surface area (Å²) in [6.45, 7) is 6.39. The molecule has 9 nitrogen and oxygen atoms in total. The van der Waals surface area contributed by atoms with Gasteiger partial charge in [0.15, 0.2) is 5.96 Å². The Hall–Kier alpha value is -3.59. The Morgan fingerprint density at radius 1 is 1.22 bits per heavy atom. The first-order chi connectivity index (χ1) is 17.2. The van der Waals surface area contributed by atoms with E-state index in [0.717, 1.165) is 11.1 Å². The van der Waals surface area contributed by atoms with Crippen LogP contribution >= 0.6 is 0 Å². The van der Waals surface area contributed by atoms with E-state index in [9.17, 15) is 14.7 Å². The highest BCUT2D eigenvalue weighted by atomic mass is 16.5. The number of ether oxygens (including phenoxy) is 2. The summed E-state index contributed by atoms with van der Waals surface area (Å²) in [5, 5.41) is 13.6. The fourth-order valence-electron chi connectivity index (χ4n) is 5.15. The number of guanidine groups is 1. The fraction of sp³-hybridized carbons (Fsp3) is 0.444. The summed E-state index contributed by atoms with van der Waals surface area (Å²) in [4.78, 5) is 32.7. The Balaban J connectivity index is 1.44. The first-order valence-corrected chi connectivity index (χ1v) is 12.4. The first-order valence-electron chi connectivity index (χ1n) is 12.4. The predicted octanol–water partition coefficient (Wildman–Crippen LogP) is 2.76. The van der Waals surface area contributed by atoms with Gasteiger partial charge >= 0.3 is 0 Å². The number of aliphatic hydroxyl groups is 1. The van der Waals surface area contributed by atoms with Crippen LogP contribution in [-0.4, -0.2) is 52.6 Å². The Labute approximate surface area is 210 Å². The Morgan fingerprint density at radius 2 is 1.97 bits per heavy atom. The van der Waals surface area contributed by atoms with Gasteiger partial charge in [-0.25, -0.2) is 4.99 Å². The van der Waals surface area contributed by atoms with E-state index >= 15 is 0 Å². The number of nitrogens with one attached hydrogen (secondary N) is 1. The van der Waals surface area contributed by atoms with Crippen LogP contribution in [0.25, 0.3) is 0 Å². The normalized spacial score (nSPS) is 27.2. The molecule has 0 fully saturated rings. The lowest BCUT2D eigenvalue weighted by molar-refractivity contribution is -0.131. The van der Waals surface area contributed by atoms with Crippen LogP contribution in [-0.2, 0) is 4.79 Å². The molecule has 3 heterocycles. The minimum Gasteiger partial charge on any atom is -0.493 e. The van der Waals surface area contributed by atoms with Gasteiger partial charge in [0, 0.05) is 23.1 Å². The lowest BCUT2D eigenvalue weighted by Gasteiger charge is -2.40. The van der Waals surface area contributed by atoms with E-state index in [1.165, 1.54) is 0 Å². The van der Waals surface area contributed by atoms with E-state index < -0.39 is 17.7 Å². The van der Waals surface area contributed by atoms with Gasteiger partial charge in [-0.05, 0) is 44.5 Å². The molecule has 2 unspecified atom stereocenters. The molecule has 0 saturated carbocycles. The van der Waals surface area contributed by atoms with Crippen LogP contribution in [0.3, 0.4) is 0 Å². The van der Waals surface area contributed by atoms with E-state index in [2.05, 4.69) is 10.3 Å². The summed E-state index contributed by atoms with van der Waals surface area (Å²) < 4.78 is 11.5. The molecule has 2 aromatic rings. The Morgan fingerprint density at radius 3 is 2.72 bits per heavy atom. The molecule has 0 aromatic heterocycles. The third-order valence-electron chi connectivity index (χ3n) is 7.37. The van der Waals surface area contributed by atoms with Crippen molar-refractivity contribution in [2.45, 2.75) is 63.8 Å². The number of amides is 2. The minimum atomic E-state index is -0.883. The Kier molecular flexibility index (Phi) is 6.12. The fourth-order valence-corrected chi connectivity index (χ4v) is 5.15. The topological polar surface area (TPSA) is 126 Å². The van der Waals surface area contributed by atoms with E-state index in [1.807, 2.05) is 39.0 Å². The summed E-state index contributed by atoms with van der Waals surface area (Å²) in [7, 11) is 0. The monoisotopic (exact) mass is 492 g/mol. The van der Waals surface area contributed by atoms with Crippen molar-refractivity contribution in [2.24, 2.45) is 10.7 Å². The number of aliphatic hydroxyl groups excluding tert-OH is 1. The maximum absolute atomic E-state index is 13.3. The summed E-state index contributed by atoms with van der Waals surface area (Å²) in [6, 6.07) is 9.87. The van der Waals surface area contributed by atoms with Crippen LogP contribution in [0.1, 0.15) is 72.2 Å². The van der Waals surface area contributed by atoms with Gasteiger partial charge in [-0.15, -0.1) is 0 Å². The number of fused-ring (bicyclic) bond motifs is 2. The molecule has 190 valence electrons. The number of nitrogens with two attached hydrogens (primary N) is 1. The number of rotatable bonds is 4. The van der Waals surface area contributed by atoms with Gasteiger partial charge in [-0.1, -0.05) is 24.6 Å². The summed E-state index contributed by atoms with van der Waals surface area (Å²) in [5.41, 5.74) is 8.64. The molecule has 2 amide bonds. The molecule has 0 bridgehead atoms. The van der Waals surface area contributed by atoms with Gasteiger partial charge in [0.2, 0.25) is 5.91 Å². The molecule has 0 spiro atoms. The number of nitrogens with zero attached hydrogens (tertiary/aromatic N) is 2. The minimum absolute atomic E-state index is 0.0862. The molecule has 5 rings (SSSR count). The highest BCUT2D eigenvalue weighted by molar-refractivity contribution is 6.00. The second-order valence-corrected chi connectivity index (χ2v) is 10.0. The van der Waals surface area contributed by atoms with Crippen molar-refractivity contribution < 1.29 is 24.2 Å². The number of benzene rings is 2. The standard InChI is InChI=1S/C27H32N4O5/c1-4-27(3)13-23(33)31(26(28)30-27)19-9-10-35-21-8-6-16(12-17(19)21)25(34)29-24-18-11-15(2)5-7-22(18)36-14-20(24)32/h5-8,11-12,19-20,24,32H,4,9-10,13-14H2,1-3H3,(H2,28,30)(H,29,34)/t19-,20?,24?,27-/m1/s1. The SMILES string of the molecule is CC[C@]1(C)CC(=O)N([C@@H]2CCOc3ccc(C(=O)NC4c5cc(C)ccc5OCC4O)cc32)C(N)=N1. The van der Waals surface area contributed by atoms with Crippen LogP contribution < -0.4 is 20.5 Å². The average molecular weight is 493 g/mol. The smallest absolute Gasteiger partial charge is 0.251 e. The number of hydrogen-bond donors (Lipinski definition) is 3. The third-order valence-corrected chi connectivity index (χ3v) is 7.37. The van der Waals surface area contributed by atoms with E-state index in [0.29, 0.717) is 42.1 Å². The molecule has 4 N–H and O–H groups in total. The molecular formula is C27H32N4O5. The summed E-state index contributed by atoms with van der Waals surface area (Å²) in [6.07, 6.45) is 0.640. The number of aryl methyl sites for hydroxylation is 1. The number of aliphatic imine (C=N–C) groups is 1. The molecule has 2 aromatic carbocycles. The van der Waals surface area contributed by atoms with Crippen molar-refractivity contribution in [3.05, 3.63) is 58.7 Å². The van der Waals surface area contributed by atoms with Gasteiger partial charge in [0.1, 0.15) is 24.2 Å². The van der Waals surface area contributed by atoms with E-state index in [4.69, 9.17) is 15.2 Å². The zero-order chi connectivity index (χ0) is 25.6. The average Bonchev–Trinajstić information content (AvgIpc) is 2.85. The van der Waals surface area contributed by atoms with Crippen LogP contribution in [0.5, 0.6) is 11.5 Å². The number of carbonyl (C=O) groups is 2. The van der Waals surface area contributed by atoms with Crippen molar-refractivity contribution in [2.75, 3.05) is 13.2 Å². The molecular weight excluding hydrogens is 460 g/mol. The van der Waals surface area contributed by atoms with Crippen molar-refractivity contribution in [1.29, 1.82) is 0 Å². The molecule has 3 aliphatic rings. The van der Waals surface area contributed by atoms with Gasteiger partial charge < -0.3 is 25.6 Å². The summed E-state index contributed by atoms with van der Waals surface area (Å²) in [5.74, 6) is 1.02. The number of hydrogen-bond acceptors (Lipinski definition) is 7. The third kappa shape index (κ3) is 4.28. The second kappa shape index (κ2) is 9.13. The van der Waals surface area contributed by atoms with Gasteiger partial charge in [0.25, 0.3) is 5.91 Å². The molecule has 0 saturated heterocycles. The van der Waals surface area contributed by atoms with Crippen LogP contribution in [0, 0.1) is 6.92 Å². The highest BCUT2D eigenvalue weighted by Gasteiger charge is 2.40. The van der Waals surface area contributed by atoms with E-state index in [-0.39, 0.29) is 36.8 Å². The van der Waals surface area contributed by atoms with Crippen LogP contribution in [0.2, 0.25) is 0 Å². The van der Waals surface area contributed by atoms with Gasteiger partial charge in [-0.2, -0.15) is 0 Å². The molecule has 4 atom stereocenters. The van der Waals surface area contributed by atoms with Gasteiger partial charge in [-0.3, -0.25) is 14.5 Å². The lowest BCUT2D eigenvalue weighted by Crippen LogP contribution is -2.52. The Bertz CT molecular complexity index is 1240.